The van der Waals surface area contributed by atoms with E-state index in [1.54, 1.807) is 0 Å². The van der Waals surface area contributed by atoms with Crippen molar-refractivity contribution in [1.29, 1.82) is 0 Å². The molecule has 0 aliphatic carbocycles. The summed E-state index contributed by atoms with van der Waals surface area (Å²) in [5.41, 5.74) is 1.46. The molecule has 0 spiro atoms. The number of hydrogen-bond donors (Lipinski definition) is 2. The fraction of sp³-hybridized carbons (Fsp3) is 0.409. The summed E-state index contributed by atoms with van der Waals surface area (Å²) >= 11 is 0. The molecule has 1 fully saturated rings. The number of likely N-dealkylation sites (tertiary alicyclic amines) is 1. The third-order valence-corrected chi connectivity index (χ3v) is 5.06. The summed E-state index contributed by atoms with van der Waals surface area (Å²) in [6.45, 7) is 5.85. The van der Waals surface area contributed by atoms with Gasteiger partial charge in [0.15, 0.2) is 0 Å². The predicted octanol–water partition coefficient (Wildman–Crippen LogP) is 3.61. The molecular weight excluding hydrogens is 338 g/mol. The molecule has 0 bridgehead atoms. The average Bonchev–Trinajstić information content (AvgIpc) is 2.71. The van der Waals surface area contributed by atoms with Gasteiger partial charge in [-0.1, -0.05) is 36.4 Å². The van der Waals surface area contributed by atoms with E-state index in [9.17, 15) is 4.79 Å². The molecule has 0 atom stereocenters. The van der Waals surface area contributed by atoms with E-state index in [0.29, 0.717) is 6.61 Å². The number of benzene rings is 2. The van der Waals surface area contributed by atoms with Crippen molar-refractivity contribution in [3.05, 3.63) is 60.7 Å². The summed E-state index contributed by atoms with van der Waals surface area (Å²) in [4.78, 5) is 15.1. The normalized spacial score (nSPS) is 16.5. The highest BCUT2D eigenvalue weighted by molar-refractivity contribution is 5.84. The van der Waals surface area contributed by atoms with E-state index in [0.717, 1.165) is 50.4 Å². The van der Waals surface area contributed by atoms with Crippen LogP contribution in [0, 0.1) is 0 Å². The first-order valence-electron chi connectivity index (χ1n) is 9.73. The Kier molecular flexibility index (Phi) is 6.71. The highest BCUT2D eigenvalue weighted by atomic mass is 16.5. The lowest BCUT2D eigenvalue weighted by molar-refractivity contribution is -0.150. The Morgan fingerprint density at radius 3 is 2.19 bits per heavy atom. The van der Waals surface area contributed by atoms with Crippen molar-refractivity contribution < 1.29 is 9.53 Å². The van der Waals surface area contributed by atoms with Crippen molar-refractivity contribution in [2.24, 2.45) is 0 Å². The van der Waals surface area contributed by atoms with Gasteiger partial charge >= 0.3 is 5.97 Å². The first-order valence-corrected chi connectivity index (χ1v) is 9.73. The molecule has 0 aromatic heterocycles. The van der Waals surface area contributed by atoms with Gasteiger partial charge in [-0.3, -0.25) is 0 Å². The number of rotatable bonds is 8. The highest BCUT2D eigenvalue weighted by Gasteiger charge is 2.42. The zero-order chi connectivity index (χ0) is 19.0. The molecule has 5 heteroatoms. The van der Waals surface area contributed by atoms with Crippen molar-refractivity contribution in [3.8, 4) is 0 Å². The molecule has 2 aromatic rings. The van der Waals surface area contributed by atoms with Crippen LogP contribution in [-0.4, -0.2) is 49.2 Å². The largest absolute Gasteiger partial charge is 0.464 e. The Balaban J connectivity index is 1.55. The van der Waals surface area contributed by atoms with E-state index in [-0.39, 0.29) is 5.97 Å². The summed E-state index contributed by atoms with van der Waals surface area (Å²) < 4.78 is 5.40. The average molecular weight is 367 g/mol. The Morgan fingerprint density at radius 1 is 1.00 bits per heavy atom. The van der Waals surface area contributed by atoms with Gasteiger partial charge in [-0.15, -0.1) is 0 Å². The van der Waals surface area contributed by atoms with E-state index in [4.69, 9.17) is 4.74 Å². The van der Waals surface area contributed by atoms with Crippen molar-refractivity contribution >= 4 is 17.3 Å². The van der Waals surface area contributed by atoms with Gasteiger partial charge in [0.2, 0.25) is 0 Å². The molecule has 144 valence electrons. The number of piperidine rings is 1. The van der Waals surface area contributed by atoms with Crippen LogP contribution in [0.1, 0.15) is 19.8 Å². The van der Waals surface area contributed by atoms with Gasteiger partial charge in [-0.25, -0.2) is 4.79 Å². The zero-order valence-electron chi connectivity index (χ0n) is 16.0. The van der Waals surface area contributed by atoms with Gasteiger partial charge in [0, 0.05) is 37.6 Å². The standard InChI is InChI=1S/C22H29N3O2/c1-2-27-21(26)22(24-20-11-7-4-8-12-20)13-16-25(17-14-22)18-15-23-19-9-5-3-6-10-19/h3-12,23-24H,2,13-18H2,1H3. The Morgan fingerprint density at radius 2 is 1.59 bits per heavy atom. The summed E-state index contributed by atoms with van der Waals surface area (Å²) in [7, 11) is 0. The zero-order valence-corrected chi connectivity index (χ0v) is 16.0. The van der Waals surface area contributed by atoms with Gasteiger partial charge in [0.05, 0.1) is 6.61 Å². The van der Waals surface area contributed by atoms with Crippen LogP contribution in [0.15, 0.2) is 60.7 Å². The molecule has 1 aliphatic heterocycles. The molecule has 5 nitrogen and oxygen atoms in total. The molecule has 0 unspecified atom stereocenters. The number of ether oxygens (including phenoxy) is 1. The molecule has 0 radical (unpaired) electrons. The number of para-hydroxylation sites is 2. The maximum Gasteiger partial charge on any atom is 0.331 e. The quantitative estimate of drug-likeness (QED) is 0.698. The fourth-order valence-corrected chi connectivity index (χ4v) is 3.52. The molecule has 2 aromatic carbocycles. The van der Waals surface area contributed by atoms with Crippen molar-refractivity contribution in [3.63, 3.8) is 0 Å². The third kappa shape index (κ3) is 5.23. The molecule has 27 heavy (non-hydrogen) atoms. The number of carbonyl (C=O) groups excluding carboxylic acids is 1. The third-order valence-electron chi connectivity index (χ3n) is 5.06. The number of carbonyl (C=O) groups is 1. The van der Waals surface area contributed by atoms with E-state index in [1.807, 2.05) is 55.5 Å². The van der Waals surface area contributed by atoms with Crippen LogP contribution in [-0.2, 0) is 9.53 Å². The van der Waals surface area contributed by atoms with Gasteiger partial charge < -0.3 is 20.3 Å². The topological polar surface area (TPSA) is 53.6 Å². The monoisotopic (exact) mass is 367 g/mol. The van der Waals surface area contributed by atoms with Crippen molar-refractivity contribution in [1.82, 2.24) is 4.90 Å². The maximum absolute atomic E-state index is 12.7. The Labute approximate surface area is 161 Å². The van der Waals surface area contributed by atoms with E-state index < -0.39 is 5.54 Å². The summed E-state index contributed by atoms with van der Waals surface area (Å²) in [6.07, 6.45) is 1.48. The summed E-state index contributed by atoms with van der Waals surface area (Å²) in [5.74, 6) is -0.143. The van der Waals surface area contributed by atoms with Gasteiger partial charge in [-0.2, -0.15) is 0 Å². The molecule has 0 saturated carbocycles. The van der Waals surface area contributed by atoms with E-state index >= 15 is 0 Å². The number of esters is 1. The van der Waals surface area contributed by atoms with Crippen LogP contribution in [0.3, 0.4) is 0 Å². The van der Waals surface area contributed by atoms with Crippen LogP contribution >= 0.6 is 0 Å². The van der Waals surface area contributed by atoms with Crippen LogP contribution in [0.5, 0.6) is 0 Å². The van der Waals surface area contributed by atoms with Gasteiger partial charge in [0.25, 0.3) is 0 Å². The first kappa shape index (κ1) is 19.2. The number of nitrogens with zero attached hydrogens (tertiary/aromatic N) is 1. The van der Waals surface area contributed by atoms with Crippen molar-refractivity contribution in [2.75, 3.05) is 43.4 Å². The maximum atomic E-state index is 12.7. The predicted molar refractivity (Wildman–Crippen MR) is 110 cm³/mol. The summed E-state index contributed by atoms with van der Waals surface area (Å²) in [6, 6.07) is 20.2. The van der Waals surface area contributed by atoms with Crippen LogP contribution < -0.4 is 10.6 Å². The smallest absolute Gasteiger partial charge is 0.331 e. The van der Waals surface area contributed by atoms with Crippen LogP contribution in [0.2, 0.25) is 0 Å². The number of hydrogen-bond acceptors (Lipinski definition) is 5. The second kappa shape index (κ2) is 9.42. The molecule has 1 aliphatic rings. The van der Waals surface area contributed by atoms with Gasteiger partial charge in [-0.05, 0) is 44.0 Å². The van der Waals surface area contributed by atoms with E-state index in [2.05, 4.69) is 27.7 Å². The minimum Gasteiger partial charge on any atom is -0.464 e. The van der Waals surface area contributed by atoms with Crippen LogP contribution in [0.25, 0.3) is 0 Å². The molecule has 2 N–H and O–H groups in total. The summed E-state index contributed by atoms with van der Waals surface area (Å²) in [5, 5.41) is 6.91. The second-order valence-corrected chi connectivity index (χ2v) is 6.93. The molecule has 0 amide bonds. The first-order chi connectivity index (χ1) is 13.2. The number of anilines is 2. The Hall–Kier alpha value is -2.53. The fourth-order valence-electron chi connectivity index (χ4n) is 3.52. The molecule has 1 heterocycles. The SMILES string of the molecule is CCOC(=O)C1(Nc2ccccc2)CCN(CCNc2ccccc2)CC1. The number of nitrogens with one attached hydrogen (secondary N) is 2. The minimum atomic E-state index is -0.638. The Bertz CT molecular complexity index is 698. The van der Waals surface area contributed by atoms with E-state index in [1.165, 1.54) is 0 Å². The second-order valence-electron chi connectivity index (χ2n) is 6.93. The molecular formula is C22H29N3O2. The highest BCUT2D eigenvalue weighted by Crippen LogP contribution is 2.28. The lowest BCUT2D eigenvalue weighted by Crippen LogP contribution is -2.55. The van der Waals surface area contributed by atoms with Crippen LogP contribution in [0.4, 0.5) is 11.4 Å². The van der Waals surface area contributed by atoms with Crippen molar-refractivity contribution in [2.45, 2.75) is 25.3 Å². The van der Waals surface area contributed by atoms with Gasteiger partial charge in [0.1, 0.15) is 5.54 Å². The lowest BCUT2D eigenvalue weighted by atomic mass is 9.87. The lowest BCUT2D eigenvalue weighted by Gasteiger charge is -2.41. The molecule has 1 saturated heterocycles. The minimum absolute atomic E-state index is 0.143. The molecule has 3 rings (SSSR count).